The minimum absolute atomic E-state index is 0.287. The molecule has 0 aromatic heterocycles. The Bertz CT molecular complexity index is 192. The van der Waals surface area contributed by atoms with Crippen LogP contribution in [0.1, 0.15) is 39.5 Å². The van der Waals surface area contributed by atoms with Gasteiger partial charge in [0.2, 0.25) is 5.91 Å². The standard InChI is InChI=1S/C11H22N2O/c1-9(2)7-11(14)13-6-4-3-5-10(13)8-12/h9-10H,3-8,12H2,1-2H3. The molecular weight excluding hydrogens is 176 g/mol. The van der Waals surface area contributed by atoms with Gasteiger partial charge in [-0.3, -0.25) is 4.79 Å². The van der Waals surface area contributed by atoms with Gasteiger partial charge in [0.1, 0.15) is 0 Å². The molecule has 1 aliphatic heterocycles. The first-order valence-electron chi connectivity index (χ1n) is 5.64. The van der Waals surface area contributed by atoms with E-state index in [0.29, 0.717) is 24.9 Å². The summed E-state index contributed by atoms with van der Waals surface area (Å²) in [6.45, 7) is 5.69. The monoisotopic (exact) mass is 198 g/mol. The lowest BCUT2D eigenvalue weighted by Gasteiger charge is -2.35. The zero-order valence-corrected chi connectivity index (χ0v) is 9.33. The van der Waals surface area contributed by atoms with Crippen molar-refractivity contribution < 1.29 is 4.79 Å². The fourth-order valence-corrected chi connectivity index (χ4v) is 2.04. The molecule has 0 saturated carbocycles. The normalized spacial score (nSPS) is 22.9. The Morgan fingerprint density at radius 2 is 2.21 bits per heavy atom. The first-order valence-corrected chi connectivity index (χ1v) is 5.64. The summed E-state index contributed by atoms with van der Waals surface area (Å²) in [5, 5.41) is 0. The van der Waals surface area contributed by atoms with Gasteiger partial charge in [-0.1, -0.05) is 13.8 Å². The number of amides is 1. The van der Waals surface area contributed by atoms with Gasteiger partial charge in [-0.15, -0.1) is 0 Å². The number of carbonyl (C=O) groups excluding carboxylic acids is 1. The van der Waals surface area contributed by atoms with E-state index in [0.717, 1.165) is 19.4 Å². The summed E-state index contributed by atoms with van der Waals surface area (Å²) in [6, 6.07) is 0.301. The summed E-state index contributed by atoms with van der Waals surface area (Å²) >= 11 is 0. The number of carbonyl (C=O) groups is 1. The summed E-state index contributed by atoms with van der Waals surface area (Å²) < 4.78 is 0. The van der Waals surface area contributed by atoms with E-state index in [1.807, 2.05) is 4.90 Å². The molecule has 0 aromatic rings. The van der Waals surface area contributed by atoms with Gasteiger partial charge in [0.15, 0.2) is 0 Å². The van der Waals surface area contributed by atoms with Crippen LogP contribution in [-0.2, 0) is 4.79 Å². The number of piperidine rings is 1. The third kappa shape index (κ3) is 2.98. The van der Waals surface area contributed by atoms with Crippen molar-refractivity contribution in [3.63, 3.8) is 0 Å². The van der Waals surface area contributed by atoms with Crippen molar-refractivity contribution in [1.82, 2.24) is 4.90 Å². The molecule has 0 aromatic carbocycles. The van der Waals surface area contributed by atoms with Crippen LogP contribution in [0.25, 0.3) is 0 Å². The van der Waals surface area contributed by atoms with Crippen LogP contribution in [0.15, 0.2) is 0 Å². The van der Waals surface area contributed by atoms with Crippen molar-refractivity contribution in [2.75, 3.05) is 13.1 Å². The Kier molecular flexibility index (Phi) is 4.39. The zero-order valence-electron chi connectivity index (χ0n) is 9.33. The van der Waals surface area contributed by atoms with E-state index in [1.54, 1.807) is 0 Å². The molecule has 82 valence electrons. The molecule has 1 rings (SSSR count). The molecule has 1 saturated heterocycles. The van der Waals surface area contributed by atoms with E-state index < -0.39 is 0 Å². The van der Waals surface area contributed by atoms with Gasteiger partial charge in [0, 0.05) is 25.6 Å². The molecule has 1 fully saturated rings. The third-order valence-corrected chi connectivity index (χ3v) is 2.80. The topological polar surface area (TPSA) is 46.3 Å². The first kappa shape index (κ1) is 11.5. The molecule has 1 aliphatic rings. The molecule has 3 heteroatoms. The number of nitrogens with zero attached hydrogens (tertiary/aromatic N) is 1. The van der Waals surface area contributed by atoms with Crippen LogP contribution >= 0.6 is 0 Å². The van der Waals surface area contributed by atoms with Crippen LogP contribution in [0, 0.1) is 5.92 Å². The van der Waals surface area contributed by atoms with Crippen LogP contribution in [0.5, 0.6) is 0 Å². The highest BCUT2D eigenvalue weighted by Gasteiger charge is 2.25. The van der Waals surface area contributed by atoms with Crippen LogP contribution in [0.2, 0.25) is 0 Å². The molecule has 2 N–H and O–H groups in total. The number of likely N-dealkylation sites (tertiary alicyclic amines) is 1. The molecule has 1 heterocycles. The lowest BCUT2D eigenvalue weighted by Crippen LogP contribution is -2.47. The van der Waals surface area contributed by atoms with Gasteiger partial charge in [-0.25, -0.2) is 0 Å². The maximum Gasteiger partial charge on any atom is 0.223 e. The van der Waals surface area contributed by atoms with Gasteiger partial charge in [0.25, 0.3) is 0 Å². The van der Waals surface area contributed by atoms with Crippen molar-refractivity contribution >= 4 is 5.91 Å². The molecular formula is C11H22N2O. The number of hydrogen-bond donors (Lipinski definition) is 1. The highest BCUT2D eigenvalue weighted by molar-refractivity contribution is 5.76. The van der Waals surface area contributed by atoms with E-state index in [9.17, 15) is 4.79 Å². The van der Waals surface area contributed by atoms with Gasteiger partial charge >= 0.3 is 0 Å². The molecule has 1 unspecified atom stereocenters. The molecule has 1 atom stereocenters. The first-order chi connectivity index (χ1) is 6.65. The Balaban J connectivity index is 2.50. The summed E-state index contributed by atoms with van der Waals surface area (Å²) in [6.07, 6.45) is 4.10. The van der Waals surface area contributed by atoms with E-state index in [-0.39, 0.29) is 5.91 Å². The van der Waals surface area contributed by atoms with Crippen LogP contribution in [0.3, 0.4) is 0 Å². The second kappa shape index (κ2) is 5.35. The second-order valence-corrected chi connectivity index (χ2v) is 4.57. The Morgan fingerprint density at radius 1 is 1.50 bits per heavy atom. The fourth-order valence-electron chi connectivity index (χ4n) is 2.04. The van der Waals surface area contributed by atoms with E-state index >= 15 is 0 Å². The fraction of sp³-hybridized carbons (Fsp3) is 0.909. The van der Waals surface area contributed by atoms with E-state index in [1.165, 1.54) is 6.42 Å². The van der Waals surface area contributed by atoms with Crippen molar-refractivity contribution in [2.45, 2.75) is 45.6 Å². The van der Waals surface area contributed by atoms with Crippen LogP contribution in [0.4, 0.5) is 0 Å². The maximum atomic E-state index is 11.8. The van der Waals surface area contributed by atoms with Gasteiger partial charge in [0.05, 0.1) is 0 Å². The lowest BCUT2D eigenvalue weighted by molar-refractivity contribution is -0.135. The number of hydrogen-bond acceptors (Lipinski definition) is 2. The highest BCUT2D eigenvalue weighted by atomic mass is 16.2. The van der Waals surface area contributed by atoms with Crippen molar-refractivity contribution in [3.05, 3.63) is 0 Å². The van der Waals surface area contributed by atoms with Gasteiger partial charge < -0.3 is 10.6 Å². The second-order valence-electron chi connectivity index (χ2n) is 4.57. The summed E-state index contributed by atoms with van der Waals surface area (Å²) in [5.74, 6) is 0.734. The maximum absolute atomic E-state index is 11.8. The quantitative estimate of drug-likeness (QED) is 0.744. The lowest BCUT2D eigenvalue weighted by atomic mass is 10.0. The Morgan fingerprint density at radius 3 is 2.79 bits per heavy atom. The number of rotatable bonds is 3. The van der Waals surface area contributed by atoms with Crippen LogP contribution < -0.4 is 5.73 Å². The highest BCUT2D eigenvalue weighted by Crippen LogP contribution is 2.18. The molecule has 3 nitrogen and oxygen atoms in total. The number of nitrogens with two attached hydrogens (primary N) is 1. The third-order valence-electron chi connectivity index (χ3n) is 2.80. The van der Waals surface area contributed by atoms with Crippen molar-refractivity contribution in [2.24, 2.45) is 11.7 Å². The zero-order chi connectivity index (χ0) is 10.6. The van der Waals surface area contributed by atoms with E-state index in [2.05, 4.69) is 13.8 Å². The summed E-state index contributed by atoms with van der Waals surface area (Å²) in [4.78, 5) is 13.8. The molecule has 0 bridgehead atoms. The predicted molar refractivity (Wildman–Crippen MR) is 57.9 cm³/mol. The minimum atomic E-state index is 0.287. The molecule has 14 heavy (non-hydrogen) atoms. The average molecular weight is 198 g/mol. The molecule has 0 aliphatic carbocycles. The predicted octanol–water partition coefficient (Wildman–Crippen LogP) is 1.37. The van der Waals surface area contributed by atoms with E-state index in [4.69, 9.17) is 5.73 Å². The molecule has 0 spiro atoms. The van der Waals surface area contributed by atoms with Crippen LogP contribution in [-0.4, -0.2) is 29.9 Å². The van der Waals surface area contributed by atoms with Gasteiger partial charge in [-0.2, -0.15) is 0 Å². The molecule has 1 amide bonds. The van der Waals surface area contributed by atoms with Crippen molar-refractivity contribution in [1.29, 1.82) is 0 Å². The van der Waals surface area contributed by atoms with Crippen molar-refractivity contribution in [3.8, 4) is 0 Å². The summed E-state index contributed by atoms with van der Waals surface area (Å²) in [7, 11) is 0. The average Bonchev–Trinajstić information content (AvgIpc) is 2.16. The minimum Gasteiger partial charge on any atom is -0.338 e. The summed E-state index contributed by atoms with van der Waals surface area (Å²) in [5.41, 5.74) is 5.67. The Hall–Kier alpha value is -0.570. The SMILES string of the molecule is CC(C)CC(=O)N1CCCCC1CN. The largest absolute Gasteiger partial charge is 0.338 e. The van der Waals surface area contributed by atoms with Gasteiger partial charge in [-0.05, 0) is 25.2 Å². The Labute approximate surface area is 86.6 Å². The molecule has 0 radical (unpaired) electrons. The smallest absolute Gasteiger partial charge is 0.223 e.